The summed E-state index contributed by atoms with van der Waals surface area (Å²) in [4.78, 5) is 27.8. The molecule has 0 aliphatic rings. The summed E-state index contributed by atoms with van der Waals surface area (Å²) in [6.45, 7) is 4.76. The number of carbonyl (C=O) groups excluding carboxylic acids is 2. The third-order valence-electron chi connectivity index (χ3n) is 3.15. The monoisotopic (exact) mass is 302 g/mol. The molecule has 22 heavy (non-hydrogen) atoms. The van der Waals surface area contributed by atoms with Crippen molar-refractivity contribution in [3.63, 3.8) is 0 Å². The Kier molecular flexibility index (Phi) is 6.26. The molecule has 0 radical (unpaired) electrons. The molecular formula is C16H18N2O4. The average Bonchev–Trinajstić information content (AvgIpc) is 2.54. The third-order valence-corrected chi connectivity index (χ3v) is 3.15. The molecule has 0 N–H and O–H groups in total. The summed E-state index contributed by atoms with van der Waals surface area (Å²) in [5.74, 6) is -1.33. The molecule has 1 aromatic rings. The number of hydrogen-bond acceptors (Lipinski definition) is 6. The van der Waals surface area contributed by atoms with E-state index >= 15 is 0 Å². The summed E-state index contributed by atoms with van der Waals surface area (Å²) >= 11 is 0. The van der Waals surface area contributed by atoms with Gasteiger partial charge in [-0.15, -0.1) is 0 Å². The summed E-state index contributed by atoms with van der Waals surface area (Å²) in [7, 11) is 0. The molecule has 0 unspecified atom stereocenters. The lowest BCUT2D eigenvalue weighted by molar-refractivity contribution is -0.164. The van der Waals surface area contributed by atoms with Gasteiger partial charge in [-0.05, 0) is 20.3 Å². The normalized spacial score (nSPS) is 11.5. The topological polar surface area (TPSA) is 88.8 Å². The van der Waals surface area contributed by atoms with Crippen LogP contribution in [0.1, 0.15) is 32.8 Å². The highest BCUT2D eigenvalue weighted by molar-refractivity contribution is 6.11. The molecule has 6 nitrogen and oxygen atoms in total. The molecule has 0 aliphatic heterocycles. The molecule has 0 aromatic heterocycles. The van der Waals surface area contributed by atoms with Crippen LogP contribution in [-0.2, 0) is 19.2 Å². The van der Waals surface area contributed by atoms with E-state index in [0.717, 1.165) is 0 Å². The maximum absolute atomic E-state index is 11.7. The second kappa shape index (κ2) is 7.93. The van der Waals surface area contributed by atoms with Crippen LogP contribution in [0.25, 0.3) is 0 Å². The van der Waals surface area contributed by atoms with Crippen LogP contribution in [-0.4, -0.2) is 24.3 Å². The molecule has 1 rings (SSSR count). The maximum atomic E-state index is 11.7. The molecule has 0 saturated heterocycles. The minimum atomic E-state index is -0.844. The predicted molar refractivity (Wildman–Crippen MR) is 79.7 cm³/mol. The van der Waals surface area contributed by atoms with E-state index in [4.69, 9.17) is 10.00 Å². The largest absolute Gasteiger partial charge is 0.453 e. The molecule has 0 saturated carbocycles. The first-order valence-corrected chi connectivity index (χ1v) is 6.81. The fraction of sp³-hybridized carbons (Fsp3) is 0.375. The van der Waals surface area contributed by atoms with Crippen molar-refractivity contribution in [2.75, 3.05) is 6.61 Å². The Morgan fingerprint density at radius 1 is 1.27 bits per heavy atom. The molecule has 6 heteroatoms. The van der Waals surface area contributed by atoms with Gasteiger partial charge in [0.1, 0.15) is 6.07 Å². The van der Waals surface area contributed by atoms with Crippen molar-refractivity contribution in [3.8, 4) is 6.07 Å². The van der Waals surface area contributed by atoms with Gasteiger partial charge in [-0.2, -0.15) is 5.26 Å². The fourth-order valence-corrected chi connectivity index (χ4v) is 1.32. The maximum Gasteiger partial charge on any atom is 0.372 e. The van der Waals surface area contributed by atoms with Gasteiger partial charge in [0.25, 0.3) is 0 Å². The van der Waals surface area contributed by atoms with Crippen molar-refractivity contribution in [1.82, 2.24) is 0 Å². The highest BCUT2D eigenvalue weighted by Crippen LogP contribution is 2.21. The van der Waals surface area contributed by atoms with Gasteiger partial charge in [0.15, 0.2) is 12.3 Å². The molecule has 0 spiro atoms. The predicted octanol–water partition coefficient (Wildman–Crippen LogP) is 2.44. The summed E-state index contributed by atoms with van der Waals surface area (Å²) in [5, 5.41) is 12.5. The van der Waals surface area contributed by atoms with E-state index in [0.29, 0.717) is 12.0 Å². The van der Waals surface area contributed by atoms with E-state index < -0.39 is 24.0 Å². The average molecular weight is 302 g/mol. The van der Waals surface area contributed by atoms with Crippen molar-refractivity contribution < 1.29 is 19.2 Å². The minimum absolute atomic E-state index is 0.0332. The van der Waals surface area contributed by atoms with Crippen LogP contribution in [0.3, 0.4) is 0 Å². The molecule has 0 amide bonds. The summed E-state index contributed by atoms with van der Waals surface area (Å²) in [6.07, 6.45) is 0.589. The Morgan fingerprint density at radius 2 is 1.91 bits per heavy atom. The van der Waals surface area contributed by atoms with Crippen molar-refractivity contribution >= 4 is 17.7 Å². The third kappa shape index (κ3) is 5.02. The molecule has 1 aromatic carbocycles. The van der Waals surface area contributed by atoms with Gasteiger partial charge < -0.3 is 9.57 Å². The number of oxime groups is 1. The number of carbonyl (C=O) groups is 2. The minimum Gasteiger partial charge on any atom is -0.453 e. The Morgan fingerprint density at radius 3 is 2.45 bits per heavy atom. The Bertz CT molecular complexity index is 600. The quantitative estimate of drug-likeness (QED) is 0.348. The lowest BCUT2D eigenvalue weighted by Gasteiger charge is -2.19. The number of rotatable bonds is 6. The summed E-state index contributed by atoms with van der Waals surface area (Å²) in [6, 6.07) is 10.4. The Balaban J connectivity index is 2.57. The zero-order chi connectivity index (χ0) is 16.6. The van der Waals surface area contributed by atoms with E-state index in [1.165, 1.54) is 0 Å². The van der Waals surface area contributed by atoms with Crippen LogP contribution in [0.5, 0.6) is 0 Å². The van der Waals surface area contributed by atoms with Crippen molar-refractivity contribution in [2.24, 2.45) is 10.6 Å². The van der Waals surface area contributed by atoms with Gasteiger partial charge in [-0.25, -0.2) is 4.79 Å². The molecule has 0 atom stereocenters. The van der Waals surface area contributed by atoms with Crippen LogP contribution in [0, 0.1) is 16.7 Å². The highest BCUT2D eigenvalue weighted by Gasteiger charge is 2.27. The highest BCUT2D eigenvalue weighted by atomic mass is 16.7. The van der Waals surface area contributed by atoms with Gasteiger partial charge in [-0.3, -0.25) is 4.79 Å². The molecule has 0 aliphatic carbocycles. The van der Waals surface area contributed by atoms with Gasteiger partial charge in [0.05, 0.1) is 5.41 Å². The number of hydrogen-bond donors (Lipinski definition) is 0. The summed E-state index contributed by atoms with van der Waals surface area (Å²) in [5.41, 5.74) is -0.165. The lowest BCUT2D eigenvalue weighted by Crippen LogP contribution is -2.28. The first-order valence-electron chi connectivity index (χ1n) is 6.81. The van der Waals surface area contributed by atoms with Crippen molar-refractivity contribution in [3.05, 3.63) is 35.9 Å². The van der Waals surface area contributed by atoms with Crippen LogP contribution >= 0.6 is 0 Å². The molecule has 116 valence electrons. The van der Waals surface area contributed by atoms with E-state index in [1.54, 1.807) is 44.2 Å². The standard InChI is InChI=1S/C16H18N2O4/c1-4-16(2,3)15(20)21-11-14(19)22-18-13(10-17)12-8-6-5-7-9-12/h5-9H,4,11H2,1-3H3/b18-13+. The first kappa shape index (κ1) is 17.4. The van der Waals surface area contributed by atoms with Crippen LogP contribution in [0.2, 0.25) is 0 Å². The second-order valence-electron chi connectivity index (χ2n) is 5.19. The lowest BCUT2D eigenvalue weighted by atomic mass is 9.91. The zero-order valence-electron chi connectivity index (χ0n) is 12.8. The SMILES string of the molecule is CCC(C)(C)C(=O)OCC(=O)O/N=C(\C#N)c1ccccc1. The zero-order valence-corrected chi connectivity index (χ0v) is 12.8. The van der Waals surface area contributed by atoms with Crippen LogP contribution in [0.4, 0.5) is 0 Å². The van der Waals surface area contributed by atoms with E-state index in [2.05, 4.69) is 9.99 Å². The van der Waals surface area contributed by atoms with Crippen molar-refractivity contribution in [2.45, 2.75) is 27.2 Å². The fourth-order valence-electron chi connectivity index (χ4n) is 1.32. The van der Waals surface area contributed by atoms with E-state index in [9.17, 15) is 9.59 Å². The first-order chi connectivity index (χ1) is 10.4. The Hall–Kier alpha value is -2.68. The second-order valence-corrected chi connectivity index (χ2v) is 5.19. The van der Waals surface area contributed by atoms with Gasteiger partial charge in [-0.1, -0.05) is 42.4 Å². The molecule has 0 bridgehead atoms. The van der Waals surface area contributed by atoms with Crippen LogP contribution in [0.15, 0.2) is 35.5 Å². The van der Waals surface area contributed by atoms with Gasteiger partial charge >= 0.3 is 11.9 Å². The van der Waals surface area contributed by atoms with E-state index in [-0.39, 0.29) is 5.71 Å². The smallest absolute Gasteiger partial charge is 0.372 e. The van der Waals surface area contributed by atoms with E-state index in [1.807, 2.05) is 13.0 Å². The molecular weight excluding hydrogens is 284 g/mol. The van der Waals surface area contributed by atoms with Crippen LogP contribution < -0.4 is 0 Å². The summed E-state index contributed by atoms with van der Waals surface area (Å²) < 4.78 is 4.87. The number of esters is 1. The number of ether oxygens (including phenoxy) is 1. The number of nitrogens with zero attached hydrogens (tertiary/aromatic N) is 2. The Labute approximate surface area is 129 Å². The number of benzene rings is 1. The van der Waals surface area contributed by atoms with Crippen molar-refractivity contribution in [1.29, 1.82) is 5.26 Å². The molecule has 0 heterocycles. The van der Waals surface area contributed by atoms with Gasteiger partial charge in [0, 0.05) is 5.56 Å². The molecule has 0 fully saturated rings. The van der Waals surface area contributed by atoms with Gasteiger partial charge in [0.2, 0.25) is 0 Å². The number of nitriles is 1.